The van der Waals surface area contributed by atoms with Crippen molar-refractivity contribution in [1.82, 2.24) is 0 Å². The third-order valence-electron chi connectivity index (χ3n) is 1.67. The van der Waals surface area contributed by atoms with Gasteiger partial charge in [-0.1, -0.05) is 22.9 Å². The van der Waals surface area contributed by atoms with Crippen LogP contribution in [0.2, 0.25) is 0 Å². The molecule has 1 aliphatic rings. The van der Waals surface area contributed by atoms with Gasteiger partial charge in [0, 0.05) is 25.0 Å². The first kappa shape index (κ1) is 9.42. The summed E-state index contributed by atoms with van der Waals surface area (Å²) in [5.41, 5.74) is 0. The standard InChI is InChI=1S/C7H12O2S2/c1-6(8)10-7-2-4-11(9)5-3-7/h7H,2-5H2,1H3/t7-,11+. The van der Waals surface area contributed by atoms with Crippen molar-refractivity contribution in [3.8, 4) is 0 Å². The lowest BCUT2D eigenvalue weighted by Crippen LogP contribution is -2.25. The molecule has 4 heteroatoms. The van der Waals surface area contributed by atoms with Crippen LogP contribution in [-0.4, -0.2) is 26.4 Å². The maximum Gasteiger partial charge on any atom is 0.186 e. The molecule has 1 saturated heterocycles. The molecule has 0 aromatic rings. The fourth-order valence-electron chi connectivity index (χ4n) is 1.12. The third-order valence-corrected chi connectivity index (χ3v) is 4.19. The molecule has 0 aromatic carbocycles. The van der Waals surface area contributed by atoms with E-state index in [0.717, 1.165) is 24.3 Å². The normalized spacial score (nSPS) is 31.8. The van der Waals surface area contributed by atoms with E-state index in [-0.39, 0.29) is 5.12 Å². The van der Waals surface area contributed by atoms with E-state index in [2.05, 4.69) is 0 Å². The quantitative estimate of drug-likeness (QED) is 0.586. The van der Waals surface area contributed by atoms with Gasteiger partial charge >= 0.3 is 0 Å². The van der Waals surface area contributed by atoms with E-state index in [0.29, 0.717) is 5.25 Å². The minimum atomic E-state index is -0.600. The zero-order valence-corrected chi connectivity index (χ0v) is 8.17. The van der Waals surface area contributed by atoms with Crippen molar-refractivity contribution in [3.05, 3.63) is 0 Å². The average molecular weight is 192 g/mol. The molecule has 0 bridgehead atoms. The van der Waals surface area contributed by atoms with Gasteiger partial charge in [-0.25, -0.2) is 0 Å². The predicted molar refractivity (Wildman–Crippen MR) is 49.2 cm³/mol. The number of thioether (sulfide) groups is 1. The highest BCUT2D eigenvalue weighted by Crippen LogP contribution is 2.24. The lowest BCUT2D eigenvalue weighted by atomic mass is 10.2. The second-order valence-electron chi connectivity index (χ2n) is 2.66. The first-order valence-corrected chi connectivity index (χ1v) is 6.07. The zero-order valence-electron chi connectivity index (χ0n) is 6.54. The van der Waals surface area contributed by atoms with Gasteiger partial charge in [-0.3, -0.25) is 4.79 Å². The summed E-state index contributed by atoms with van der Waals surface area (Å²) < 4.78 is 10.9. The van der Waals surface area contributed by atoms with Crippen LogP contribution in [0.4, 0.5) is 0 Å². The fraction of sp³-hybridized carbons (Fsp3) is 0.857. The first-order chi connectivity index (χ1) is 5.18. The van der Waals surface area contributed by atoms with Gasteiger partial charge in [-0.2, -0.15) is 0 Å². The third kappa shape index (κ3) is 3.49. The maximum atomic E-state index is 10.9. The molecule has 1 rings (SSSR count). The van der Waals surface area contributed by atoms with Crippen LogP contribution in [0, 0.1) is 0 Å². The zero-order chi connectivity index (χ0) is 8.27. The molecule has 0 N–H and O–H groups in total. The Morgan fingerprint density at radius 3 is 2.55 bits per heavy atom. The largest absolute Gasteiger partial charge is 0.616 e. The highest BCUT2D eigenvalue weighted by Gasteiger charge is 2.22. The van der Waals surface area contributed by atoms with Crippen LogP contribution >= 0.6 is 11.8 Å². The summed E-state index contributed by atoms with van der Waals surface area (Å²) >= 11 is 0.804. The van der Waals surface area contributed by atoms with Crippen LogP contribution in [0.5, 0.6) is 0 Å². The van der Waals surface area contributed by atoms with Gasteiger partial charge in [0.1, 0.15) is 11.5 Å². The molecule has 0 amide bonds. The van der Waals surface area contributed by atoms with Crippen LogP contribution in [-0.2, 0) is 16.0 Å². The van der Waals surface area contributed by atoms with Gasteiger partial charge in [0.15, 0.2) is 5.12 Å². The summed E-state index contributed by atoms with van der Waals surface area (Å²) in [6.07, 6.45) is 1.88. The van der Waals surface area contributed by atoms with E-state index in [1.165, 1.54) is 11.8 Å². The smallest absolute Gasteiger partial charge is 0.186 e. The Labute approximate surface area is 74.3 Å². The van der Waals surface area contributed by atoms with E-state index in [1.54, 1.807) is 6.92 Å². The first-order valence-electron chi connectivity index (χ1n) is 3.70. The Hall–Kier alpha value is 0.330. The summed E-state index contributed by atoms with van der Waals surface area (Å²) in [7, 11) is 0. The Kier molecular flexibility index (Phi) is 3.75. The molecule has 0 unspecified atom stereocenters. The lowest BCUT2D eigenvalue weighted by Gasteiger charge is -2.22. The van der Waals surface area contributed by atoms with Gasteiger partial charge in [-0.05, 0) is 0 Å². The summed E-state index contributed by atoms with van der Waals surface area (Å²) in [6.45, 7) is 1.59. The van der Waals surface area contributed by atoms with Gasteiger partial charge < -0.3 is 4.55 Å². The molecule has 0 saturated carbocycles. The second-order valence-corrected chi connectivity index (χ2v) is 5.83. The summed E-state index contributed by atoms with van der Waals surface area (Å²) in [4.78, 5) is 10.7. The van der Waals surface area contributed by atoms with Crippen LogP contribution in [0.1, 0.15) is 19.8 Å². The molecule has 0 aliphatic carbocycles. The van der Waals surface area contributed by atoms with Crippen LogP contribution in [0.3, 0.4) is 0 Å². The molecule has 1 aliphatic heterocycles. The van der Waals surface area contributed by atoms with E-state index in [4.69, 9.17) is 0 Å². The molecule has 0 radical (unpaired) electrons. The summed E-state index contributed by atoms with van der Waals surface area (Å²) in [5.74, 6) is 1.57. The molecule has 1 heterocycles. The number of rotatable bonds is 1. The number of carbonyl (C=O) groups excluding carboxylic acids is 1. The Balaban J connectivity index is 2.22. The van der Waals surface area contributed by atoms with Crippen LogP contribution in [0.25, 0.3) is 0 Å². The Bertz CT molecular complexity index is 141. The van der Waals surface area contributed by atoms with Crippen molar-refractivity contribution in [1.29, 1.82) is 0 Å². The number of carbonyl (C=O) groups is 1. The highest BCUT2D eigenvalue weighted by atomic mass is 32.2. The average Bonchev–Trinajstić information content (AvgIpc) is 1.93. The summed E-state index contributed by atoms with van der Waals surface area (Å²) in [6, 6.07) is 0. The van der Waals surface area contributed by atoms with Crippen molar-refractivity contribution in [2.24, 2.45) is 0 Å². The Morgan fingerprint density at radius 1 is 1.55 bits per heavy atom. The Morgan fingerprint density at radius 2 is 2.09 bits per heavy atom. The van der Waals surface area contributed by atoms with Gasteiger partial charge in [0.25, 0.3) is 0 Å². The van der Waals surface area contributed by atoms with Crippen molar-refractivity contribution in [3.63, 3.8) is 0 Å². The maximum absolute atomic E-state index is 10.9. The van der Waals surface area contributed by atoms with Gasteiger partial charge in [0.05, 0.1) is 0 Å². The lowest BCUT2D eigenvalue weighted by molar-refractivity contribution is -0.109. The molecule has 1 fully saturated rings. The van der Waals surface area contributed by atoms with Crippen molar-refractivity contribution < 1.29 is 9.35 Å². The number of hydrogen-bond acceptors (Lipinski definition) is 3. The van der Waals surface area contributed by atoms with E-state index < -0.39 is 11.2 Å². The summed E-state index contributed by atoms with van der Waals surface area (Å²) in [5, 5.41) is 0.618. The van der Waals surface area contributed by atoms with Crippen LogP contribution < -0.4 is 0 Å². The van der Waals surface area contributed by atoms with Gasteiger partial charge in [0.2, 0.25) is 0 Å². The monoisotopic (exact) mass is 192 g/mol. The van der Waals surface area contributed by atoms with Gasteiger partial charge in [-0.15, -0.1) is 0 Å². The van der Waals surface area contributed by atoms with Crippen LogP contribution in [0.15, 0.2) is 0 Å². The molecule has 0 aromatic heterocycles. The molecule has 64 valence electrons. The van der Waals surface area contributed by atoms with Crippen molar-refractivity contribution in [2.45, 2.75) is 25.0 Å². The predicted octanol–water partition coefficient (Wildman–Crippen LogP) is 1.18. The molecule has 0 spiro atoms. The molecule has 0 atom stereocenters. The minimum Gasteiger partial charge on any atom is -0.616 e. The fourth-order valence-corrected chi connectivity index (χ4v) is 3.66. The molecule has 2 nitrogen and oxygen atoms in total. The van der Waals surface area contributed by atoms with E-state index in [9.17, 15) is 9.35 Å². The highest BCUT2D eigenvalue weighted by molar-refractivity contribution is 8.14. The minimum absolute atomic E-state index is 0.183. The van der Waals surface area contributed by atoms with E-state index >= 15 is 0 Å². The SMILES string of the molecule is CC(=O)S[C@H]1CC[S@@+]([O-])CC1. The second kappa shape index (κ2) is 4.38. The topological polar surface area (TPSA) is 40.1 Å². The number of hydrogen-bond donors (Lipinski definition) is 0. The van der Waals surface area contributed by atoms with Crippen molar-refractivity contribution in [2.75, 3.05) is 11.5 Å². The molecule has 11 heavy (non-hydrogen) atoms. The molecular formula is C7H12O2S2. The van der Waals surface area contributed by atoms with Crippen molar-refractivity contribution >= 4 is 28.1 Å². The molecular weight excluding hydrogens is 180 g/mol. The van der Waals surface area contributed by atoms with E-state index in [1.807, 2.05) is 0 Å².